The maximum absolute atomic E-state index is 13.7. The first-order valence-corrected chi connectivity index (χ1v) is 11.6. The van der Waals surface area contributed by atoms with Gasteiger partial charge in [0, 0.05) is 37.2 Å². The zero-order valence-corrected chi connectivity index (χ0v) is 19.7. The monoisotopic (exact) mass is 476 g/mol. The van der Waals surface area contributed by atoms with Crippen molar-refractivity contribution in [1.82, 2.24) is 24.8 Å². The number of rotatable bonds is 6. The number of amides is 2. The Balaban J connectivity index is 1.58. The minimum absolute atomic E-state index is 0.228. The van der Waals surface area contributed by atoms with Crippen molar-refractivity contribution < 1.29 is 4.79 Å². The van der Waals surface area contributed by atoms with Crippen molar-refractivity contribution in [2.45, 2.75) is 13.3 Å². The summed E-state index contributed by atoms with van der Waals surface area (Å²) in [5.74, 6) is 0. The lowest BCUT2D eigenvalue weighted by atomic mass is 10.0. The van der Waals surface area contributed by atoms with Crippen molar-refractivity contribution in [3.8, 4) is 16.8 Å². The first kappa shape index (κ1) is 22.9. The predicted octanol–water partition coefficient (Wildman–Crippen LogP) is 4.57. The van der Waals surface area contributed by atoms with E-state index in [2.05, 4.69) is 25.6 Å². The summed E-state index contributed by atoms with van der Waals surface area (Å²) in [5.41, 5.74) is 5.37. The molecule has 0 bridgehead atoms. The number of aromatic nitrogens is 4. The van der Waals surface area contributed by atoms with Crippen LogP contribution < -0.4 is 16.2 Å². The number of pyridine rings is 2. The summed E-state index contributed by atoms with van der Waals surface area (Å²) in [4.78, 5) is 38.8. The van der Waals surface area contributed by atoms with E-state index in [0.29, 0.717) is 41.2 Å². The van der Waals surface area contributed by atoms with E-state index in [1.165, 1.54) is 0 Å². The number of nitrogens with one attached hydrogen (secondary N) is 2. The van der Waals surface area contributed by atoms with Crippen LogP contribution in [-0.4, -0.2) is 32.1 Å². The van der Waals surface area contributed by atoms with Crippen LogP contribution >= 0.6 is 0 Å². The second kappa shape index (κ2) is 10.2. The first-order valence-electron chi connectivity index (χ1n) is 11.6. The van der Waals surface area contributed by atoms with Gasteiger partial charge in [-0.1, -0.05) is 30.3 Å². The van der Waals surface area contributed by atoms with E-state index in [4.69, 9.17) is 0 Å². The fourth-order valence-electron chi connectivity index (χ4n) is 4.05. The Morgan fingerprint density at radius 2 is 1.75 bits per heavy atom. The number of carbonyl (C=O) groups excluding carboxylic acids is 1. The van der Waals surface area contributed by atoms with Crippen molar-refractivity contribution in [2.24, 2.45) is 0 Å². The molecule has 3 heterocycles. The average molecular weight is 477 g/mol. The molecule has 0 saturated heterocycles. The van der Waals surface area contributed by atoms with Crippen molar-refractivity contribution >= 4 is 22.9 Å². The second-order valence-electron chi connectivity index (χ2n) is 8.20. The Labute approximate surface area is 207 Å². The minimum Gasteiger partial charge on any atom is -0.338 e. The van der Waals surface area contributed by atoms with Crippen LogP contribution in [0.2, 0.25) is 0 Å². The van der Waals surface area contributed by atoms with E-state index < -0.39 is 0 Å². The summed E-state index contributed by atoms with van der Waals surface area (Å²) >= 11 is 0. The van der Waals surface area contributed by atoms with Crippen molar-refractivity contribution in [1.29, 1.82) is 0 Å². The summed E-state index contributed by atoms with van der Waals surface area (Å²) in [6.07, 6.45) is 5.46. The topological polar surface area (TPSA) is 102 Å². The van der Waals surface area contributed by atoms with Gasteiger partial charge in [0.25, 0.3) is 5.56 Å². The largest absolute Gasteiger partial charge is 0.338 e. The lowest BCUT2D eigenvalue weighted by Gasteiger charge is -2.13. The highest BCUT2D eigenvalue weighted by Gasteiger charge is 2.15. The van der Waals surface area contributed by atoms with Crippen LogP contribution in [-0.2, 0) is 6.42 Å². The Morgan fingerprint density at radius 1 is 0.944 bits per heavy atom. The number of benzene rings is 2. The second-order valence-corrected chi connectivity index (χ2v) is 8.20. The predicted molar refractivity (Wildman–Crippen MR) is 140 cm³/mol. The van der Waals surface area contributed by atoms with Crippen molar-refractivity contribution in [3.63, 3.8) is 0 Å². The highest BCUT2D eigenvalue weighted by molar-refractivity contribution is 5.90. The number of nitrogens with zero attached hydrogens (tertiary/aromatic N) is 4. The number of hydrogen-bond acceptors (Lipinski definition) is 5. The smallest absolute Gasteiger partial charge is 0.319 e. The molecule has 0 unspecified atom stereocenters. The lowest BCUT2D eigenvalue weighted by Crippen LogP contribution is -2.28. The maximum Gasteiger partial charge on any atom is 0.319 e. The van der Waals surface area contributed by atoms with Crippen LogP contribution in [0.4, 0.5) is 10.5 Å². The van der Waals surface area contributed by atoms with Crippen LogP contribution in [0.1, 0.15) is 18.2 Å². The summed E-state index contributed by atoms with van der Waals surface area (Å²) in [6, 6.07) is 22.4. The van der Waals surface area contributed by atoms with Gasteiger partial charge in [-0.2, -0.15) is 0 Å². The van der Waals surface area contributed by atoms with Gasteiger partial charge in [-0.25, -0.2) is 14.8 Å². The highest BCUT2D eigenvalue weighted by Crippen LogP contribution is 2.25. The van der Waals surface area contributed by atoms with Gasteiger partial charge in [0.1, 0.15) is 11.2 Å². The summed E-state index contributed by atoms with van der Waals surface area (Å²) in [5, 5.41) is 5.56. The van der Waals surface area contributed by atoms with Crippen molar-refractivity contribution in [3.05, 3.63) is 113 Å². The molecular weight excluding hydrogens is 452 g/mol. The molecule has 5 rings (SSSR count). The van der Waals surface area contributed by atoms with Gasteiger partial charge in [-0.15, -0.1) is 0 Å². The summed E-state index contributed by atoms with van der Waals surface area (Å²) < 4.78 is 1.61. The Bertz CT molecular complexity index is 1600. The van der Waals surface area contributed by atoms with Gasteiger partial charge in [-0.05, 0) is 66.1 Å². The van der Waals surface area contributed by atoms with Crippen LogP contribution in [0.3, 0.4) is 0 Å². The van der Waals surface area contributed by atoms with E-state index in [-0.39, 0.29) is 11.6 Å². The van der Waals surface area contributed by atoms with E-state index in [0.717, 1.165) is 16.7 Å². The van der Waals surface area contributed by atoms with Crippen LogP contribution in [0, 0.1) is 0 Å². The third kappa shape index (κ3) is 4.83. The van der Waals surface area contributed by atoms with Gasteiger partial charge in [0.15, 0.2) is 5.65 Å². The fourth-order valence-corrected chi connectivity index (χ4v) is 4.05. The third-order valence-corrected chi connectivity index (χ3v) is 5.67. The van der Waals surface area contributed by atoms with Crippen LogP contribution in [0.15, 0.2) is 96.2 Å². The number of hydrogen-bond donors (Lipinski definition) is 2. The third-order valence-electron chi connectivity index (χ3n) is 5.67. The molecule has 5 aromatic rings. The normalized spacial score (nSPS) is 10.8. The van der Waals surface area contributed by atoms with E-state index in [1.807, 2.05) is 79.7 Å². The Morgan fingerprint density at radius 3 is 2.56 bits per heavy atom. The lowest BCUT2D eigenvalue weighted by molar-refractivity contribution is 0.252. The molecule has 0 fully saturated rings. The highest BCUT2D eigenvalue weighted by atomic mass is 16.2. The van der Waals surface area contributed by atoms with Crippen LogP contribution in [0.25, 0.3) is 28.0 Å². The van der Waals surface area contributed by atoms with Gasteiger partial charge in [0.2, 0.25) is 0 Å². The molecule has 0 radical (unpaired) electrons. The molecule has 0 aliphatic carbocycles. The van der Waals surface area contributed by atoms with Gasteiger partial charge < -0.3 is 10.6 Å². The Kier molecular flexibility index (Phi) is 6.48. The molecule has 0 atom stereocenters. The molecule has 8 heteroatoms. The molecule has 2 N–H and O–H groups in total. The zero-order valence-electron chi connectivity index (χ0n) is 19.7. The van der Waals surface area contributed by atoms with Crippen molar-refractivity contribution in [2.75, 3.05) is 11.9 Å². The quantitative estimate of drug-likeness (QED) is 0.374. The molecular formula is C28H24N6O2. The molecule has 0 saturated carbocycles. The molecule has 8 nitrogen and oxygen atoms in total. The number of urea groups is 1. The fraction of sp³-hybridized carbons (Fsp3) is 0.107. The SMILES string of the molecule is CCNC(=O)Nc1cccc(-c2cccc(-n3c(=O)c(Cc4cccnc4)nc4cccnc43)c2)c1. The van der Waals surface area contributed by atoms with Crippen LogP contribution in [0.5, 0.6) is 0 Å². The van der Waals surface area contributed by atoms with Gasteiger partial charge in [-0.3, -0.25) is 14.3 Å². The zero-order chi connectivity index (χ0) is 24.9. The summed E-state index contributed by atoms with van der Waals surface area (Å²) in [6.45, 7) is 2.41. The molecule has 36 heavy (non-hydrogen) atoms. The first-order chi connectivity index (χ1) is 17.6. The Hall–Kier alpha value is -4.85. The molecule has 2 aromatic carbocycles. The standard InChI is InChI=1S/C28H24N6O2/c1-2-30-28(36)32-22-10-3-8-20(16-22)21-9-4-11-23(17-21)34-26-24(12-6-14-31-26)33-25(27(34)35)15-19-7-5-13-29-18-19/h3-14,16-18H,2,15H2,1H3,(H2,30,32,36). The van der Waals surface area contributed by atoms with E-state index >= 15 is 0 Å². The molecule has 178 valence electrons. The van der Waals surface area contributed by atoms with Gasteiger partial charge in [0.05, 0.1) is 5.69 Å². The molecule has 0 aliphatic rings. The van der Waals surface area contributed by atoms with Gasteiger partial charge >= 0.3 is 6.03 Å². The molecule has 2 amide bonds. The van der Waals surface area contributed by atoms with E-state index in [9.17, 15) is 9.59 Å². The number of anilines is 1. The molecule has 0 aliphatic heterocycles. The molecule has 3 aromatic heterocycles. The number of fused-ring (bicyclic) bond motifs is 1. The molecule has 0 spiro atoms. The minimum atomic E-state index is -0.259. The maximum atomic E-state index is 13.7. The summed E-state index contributed by atoms with van der Waals surface area (Å²) in [7, 11) is 0. The number of carbonyl (C=O) groups is 1. The average Bonchev–Trinajstić information content (AvgIpc) is 2.90. The van der Waals surface area contributed by atoms with E-state index in [1.54, 1.807) is 23.2 Å².